The number of benzene rings is 2. The molecule has 0 aliphatic carbocycles. The number of carbonyl (C=O) groups excluding carboxylic acids is 1. The molecule has 0 aliphatic heterocycles. The van der Waals surface area contributed by atoms with E-state index in [1.807, 2.05) is 13.0 Å². The van der Waals surface area contributed by atoms with Gasteiger partial charge in [0.15, 0.2) is 0 Å². The lowest BCUT2D eigenvalue weighted by atomic mass is 9.84. The Balaban J connectivity index is 2.11. The molecule has 0 saturated heterocycles. The van der Waals surface area contributed by atoms with Gasteiger partial charge in [0.1, 0.15) is 11.6 Å². The molecule has 0 aliphatic rings. The van der Waals surface area contributed by atoms with Crippen molar-refractivity contribution in [2.75, 3.05) is 7.05 Å². The average Bonchev–Trinajstić information content (AvgIpc) is 2.75. The minimum absolute atomic E-state index is 0.00491. The number of carbonyl (C=O) groups is 1. The maximum absolute atomic E-state index is 13.9. The largest absolute Gasteiger partial charge is 0.336 e. The van der Waals surface area contributed by atoms with Crippen LogP contribution in [0.2, 0.25) is 5.02 Å². The van der Waals surface area contributed by atoms with Crippen LogP contribution in [0.15, 0.2) is 47.3 Å². The number of halogens is 2. The minimum Gasteiger partial charge on any atom is -0.336 e. The highest BCUT2D eigenvalue weighted by atomic mass is 35.5. The molecule has 0 radical (unpaired) electrons. The van der Waals surface area contributed by atoms with E-state index < -0.39 is 11.9 Å². The molecule has 0 bridgehead atoms. The number of amides is 1. The van der Waals surface area contributed by atoms with Crippen LogP contribution in [-0.4, -0.2) is 27.4 Å². The van der Waals surface area contributed by atoms with Crippen LogP contribution in [0.4, 0.5) is 4.39 Å². The molecule has 1 aromatic heterocycles. The number of aromatic nitrogens is 2. The Morgan fingerprint density at radius 3 is 2.50 bits per heavy atom. The molecule has 2 atom stereocenters. The third-order valence-electron chi connectivity index (χ3n) is 5.99. The Morgan fingerprint density at radius 1 is 1.21 bits per heavy atom. The number of para-hydroxylation sites is 1. The molecule has 2 unspecified atom stereocenters. The summed E-state index contributed by atoms with van der Waals surface area (Å²) in [5.41, 5.74) is 0.797. The van der Waals surface area contributed by atoms with Gasteiger partial charge in [0, 0.05) is 13.5 Å². The topological polar surface area (TPSA) is 55.2 Å². The van der Waals surface area contributed by atoms with Crippen LogP contribution in [0.1, 0.15) is 65.7 Å². The Hall–Kier alpha value is -2.73. The molecule has 0 saturated carbocycles. The quantitative estimate of drug-likeness (QED) is 0.381. The highest BCUT2D eigenvalue weighted by molar-refractivity contribution is 6.30. The molecule has 34 heavy (non-hydrogen) atoms. The Morgan fingerprint density at radius 2 is 1.88 bits per heavy atom. The standard InChI is InChI=1S/C27H33ClFN3O2/c1-7-23(31(6)24(33)14-17(2)16-27(3,4)5)25-30-22-11-9-8-10-19(22)26(34)32(25)18-12-13-21(29)20(28)15-18/h8-13,15,17,23H,7,14,16H2,1-6H3. The number of rotatable bonds is 7. The molecule has 0 spiro atoms. The van der Waals surface area contributed by atoms with Crippen LogP contribution < -0.4 is 5.56 Å². The van der Waals surface area contributed by atoms with Crippen molar-refractivity contribution in [3.05, 3.63) is 69.5 Å². The highest BCUT2D eigenvalue weighted by Crippen LogP contribution is 2.30. The summed E-state index contributed by atoms with van der Waals surface area (Å²) in [6.07, 6.45) is 1.89. The van der Waals surface area contributed by atoms with Crippen LogP contribution in [-0.2, 0) is 4.79 Å². The predicted octanol–water partition coefficient (Wildman–Crippen LogP) is 6.55. The van der Waals surface area contributed by atoms with Gasteiger partial charge in [0.2, 0.25) is 5.91 Å². The normalized spacial score (nSPS) is 13.6. The fraction of sp³-hybridized carbons (Fsp3) is 0.444. The zero-order valence-corrected chi connectivity index (χ0v) is 21.5. The molecule has 1 heterocycles. The van der Waals surface area contributed by atoms with E-state index in [0.717, 1.165) is 6.42 Å². The number of nitrogens with zero attached hydrogens (tertiary/aromatic N) is 3. The molecule has 3 rings (SSSR count). The molecule has 182 valence electrons. The average molecular weight is 486 g/mol. The van der Waals surface area contributed by atoms with Crippen LogP contribution in [0.25, 0.3) is 16.6 Å². The SMILES string of the molecule is CCC(c1nc2ccccc2c(=O)n1-c1ccc(F)c(Cl)c1)N(C)C(=O)CC(C)CC(C)(C)C. The summed E-state index contributed by atoms with van der Waals surface area (Å²) in [7, 11) is 1.75. The minimum atomic E-state index is -0.569. The van der Waals surface area contributed by atoms with Gasteiger partial charge >= 0.3 is 0 Å². The monoisotopic (exact) mass is 485 g/mol. The van der Waals surface area contributed by atoms with Crippen LogP contribution in [0.5, 0.6) is 0 Å². The molecule has 2 aromatic carbocycles. The van der Waals surface area contributed by atoms with Gasteiger partial charge in [-0.3, -0.25) is 14.2 Å². The van der Waals surface area contributed by atoms with Crippen molar-refractivity contribution in [1.82, 2.24) is 14.5 Å². The number of fused-ring (bicyclic) bond motifs is 1. The Labute approximate surface area is 205 Å². The van der Waals surface area contributed by atoms with Gasteiger partial charge in [-0.15, -0.1) is 0 Å². The molecular weight excluding hydrogens is 453 g/mol. The molecule has 5 nitrogen and oxygen atoms in total. The molecular formula is C27H33ClFN3O2. The van der Waals surface area contributed by atoms with E-state index in [0.29, 0.717) is 35.3 Å². The van der Waals surface area contributed by atoms with Crippen LogP contribution >= 0.6 is 11.6 Å². The Bertz CT molecular complexity index is 1250. The summed E-state index contributed by atoms with van der Waals surface area (Å²) < 4.78 is 15.3. The highest BCUT2D eigenvalue weighted by Gasteiger charge is 2.28. The molecule has 1 amide bonds. The van der Waals surface area contributed by atoms with E-state index >= 15 is 0 Å². The van der Waals surface area contributed by atoms with Crippen molar-refractivity contribution in [1.29, 1.82) is 0 Å². The third kappa shape index (κ3) is 5.66. The second kappa shape index (κ2) is 10.3. The second-order valence-corrected chi connectivity index (χ2v) is 10.6. The summed E-state index contributed by atoms with van der Waals surface area (Å²) >= 11 is 6.05. The first-order valence-electron chi connectivity index (χ1n) is 11.7. The van der Waals surface area contributed by atoms with E-state index in [1.165, 1.54) is 22.8 Å². The van der Waals surface area contributed by atoms with E-state index in [1.54, 1.807) is 30.1 Å². The second-order valence-electron chi connectivity index (χ2n) is 10.2. The van der Waals surface area contributed by atoms with E-state index in [-0.39, 0.29) is 27.8 Å². The summed E-state index contributed by atoms with van der Waals surface area (Å²) in [6.45, 7) is 10.5. The maximum atomic E-state index is 13.9. The maximum Gasteiger partial charge on any atom is 0.266 e. The molecule has 0 N–H and O–H groups in total. The van der Waals surface area contributed by atoms with Gasteiger partial charge in [0.05, 0.1) is 27.7 Å². The van der Waals surface area contributed by atoms with E-state index in [4.69, 9.17) is 16.6 Å². The summed E-state index contributed by atoms with van der Waals surface area (Å²) in [4.78, 5) is 33.3. The first-order chi connectivity index (χ1) is 15.9. The molecule has 0 fully saturated rings. The van der Waals surface area contributed by atoms with Crippen molar-refractivity contribution in [3.8, 4) is 5.69 Å². The molecule has 3 aromatic rings. The van der Waals surface area contributed by atoms with Crippen molar-refractivity contribution in [2.45, 2.75) is 59.9 Å². The lowest BCUT2D eigenvalue weighted by Gasteiger charge is -2.31. The van der Waals surface area contributed by atoms with Gasteiger partial charge in [-0.2, -0.15) is 0 Å². The van der Waals surface area contributed by atoms with Crippen molar-refractivity contribution >= 4 is 28.4 Å². The van der Waals surface area contributed by atoms with Gasteiger partial charge < -0.3 is 4.90 Å². The third-order valence-corrected chi connectivity index (χ3v) is 6.28. The fourth-order valence-corrected chi connectivity index (χ4v) is 4.78. The van der Waals surface area contributed by atoms with Gasteiger partial charge in [-0.05, 0) is 54.5 Å². The fourth-order valence-electron chi connectivity index (χ4n) is 4.61. The number of hydrogen-bond donors (Lipinski definition) is 0. The predicted molar refractivity (Wildman–Crippen MR) is 136 cm³/mol. The number of hydrogen-bond acceptors (Lipinski definition) is 3. The van der Waals surface area contributed by atoms with Crippen LogP contribution in [0.3, 0.4) is 0 Å². The van der Waals surface area contributed by atoms with Gasteiger partial charge in [0.25, 0.3) is 5.56 Å². The zero-order chi connectivity index (χ0) is 25.2. The smallest absolute Gasteiger partial charge is 0.266 e. The summed E-state index contributed by atoms with van der Waals surface area (Å²) in [5, 5.41) is 0.353. The van der Waals surface area contributed by atoms with Gasteiger partial charge in [-0.1, -0.05) is 58.4 Å². The van der Waals surface area contributed by atoms with Crippen molar-refractivity contribution in [3.63, 3.8) is 0 Å². The van der Waals surface area contributed by atoms with E-state index in [2.05, 4.69) is 27.7 Å². The first-order valence-corrected chi connectivity index (χ1v) is 12.0. The first kappa shape index (κ1) is 25.9. The summed E-state index contributed by atoms with van der Waals surface area (Å²) in [6, 6.07) is 10.8. The summed E-state index contributed by atoms with van der Waals surface area (Å²) in [5.74, 6) is 0.0685. The lowest BCUT2D eigenvalue weighted by Crippen LogP contribution is -2.36. The molecule has 7 heteroatoms. The van der Waals surface area contributed by atoms with Crippen LogP contribution in [0, 0.1) is 17.2 Å². The van der Waals surface area contributed by atoms with Crippen molar-refractivity contribution < 1.29 is 9.18 Å². The van der Waals surface area contributed by atoms with E-state index in [9.17, 15) is 14.0 Å². The Kier molecular flexibility index (Phi) is 7.81. The lowest BCUT2D eigenvalue weighted by molar-refractivity contribution is -0.133. The zero-order valence-electron chi connectivity index (χ0n) is 20.7. The van der Waals surface area contributed by atoms with Gasteiger partial charge in [-0.25, -0.2) is 9.37 Å². The van der Waals surface area contributed by atoms with Crippen molar-refractivity contribution in [2.24, 2.45) is 11.3 Å².